The van der Waals surface area contributed by atoms with Crippen molar-refractivity contribution in [2.24, 2.45) is 11.8 Å². The number of anilines is 1. The molecule has 2 heterocycles. The Labute approximate surface area is 96.4 Å². The van der Waals surface area contributed by atoms with E-state index in [1.165, 1.54) is 25.9 Å². The minimum absolute atomic E-state index is 0.651. The fourth-order valence-corrected chi connectivity index (χ4v) is 2.65. The van der Waals surface area contributed by atoms with Gasteiger partial charge in [-0.25, -0.2) is 4.98 Å². The summed E-state index contributed by atoms with van der Waals surface area (Å²) in [6.45, 7) is 3.04. The normalized spacial score (nSPS) is 27.7. The highest BCUT2D eigenvalue weighted by atomic mass is 16.5. The molecule has 2 atom stereocenters. The van der Waals surface area contributed by atoms with Crippen LogP contribution in [0, 0.1) is 11.8 Å². The summed E-state index contributed by atoms with van der Waals surface area (Å²) >= 11 is 0. The van der Waals surface area contributed by atoms with Crippen LogP contribution in [0.25, 0.3) is 0 Å². The number of hydrogen-bond acceptors (Lipinski definition) is 3. The Morgan fingerprint density at radius 2 is 2.38 bits per heavy atom. The Bertz CT molecular complexity index is 363. The van der Waals surface area contributed by atoms with Crippen molar-refractivity contribution in [2.75, 3.05) is 25.1 Å². The van der Waals surface area contributed by atoms with Gasteiger partial charge in [0.2, 0.25) is 0 Å². The van der Waals surface area contributed by atoms with Crippen LogP contribution in [0.3, 0.4) is 0 Å². The fourth-order valence-electron chi connectivity index (χ4n) is 2.65. The zero-order chi connectivity index (χ0) is 11.0. The fraction of sp³-hybridized carbons (Fsp3) is 0.615. The summed E-state index contributed by atoms with van der Waals surface area (Å²) in [6, 6.07) is 4.24. The Morgan fingerprint density at radius 3 is 3.06 bits per heavy atom. The van der Waals surface area contributed by atoms with Crippen LogP contribution in [-0.2, 0) is 11.3 Å². The molecule has 0 N–H and O–H groups in total. The molecule has 0 spiro atoms. The molecule has 0 bridgehead atoms. The maximum absolute atomic E-state index is 5.08. The van der Waals surface area contributed by atoms with Crippen molar-refractivity contribution in [3.8, 4) is 0 Å². The third kappa shape index (κ3) is 1.92. The van der Waals surface area contributed by atoms with E-state index in [0.29, 0.717) is 6.61 Å². The minimum atomic E-state index is 0.651. The number of hydrogen-bond donors (Lipinski definition) is 0. The van der Waals surface area contributed by atoms with Gasteiger partial charge in [0, 0.05) is 26.4 Å². The molecule has 3 nitrogen and oxygen atoms in total. The third-order valence-corrected chi connectivity index (χ3v) is 3.74. The summed E-state index contributed by atoms with van der Waals surface area (Å²) in [7, 11) is 1.71. The van der Waals surface area contributed by atoms with E-state index in [0.717, 1.165) is 23.2 Å². The topological polar surface area (TPSA) is 25.4 Å². The van der Waals surface area contributed by atoms with Crippen molar-refractivity contribution >= 4 is 5.82 Å². The van der Waals surface area contributed by atoms with Gasteiger partial charge in [0.1, 0.15) is 5.82 Å². The average molecular weight is 218 g/mol. The van der Waals surface area contributed by atoms with E-state index in [2.05, 4.69) is 22.0 Å². The van der Waals surface area contributed by atoms with Crippen LogP contribution < -0.4 is 4.90 Å². The van der Waals surface area contributed by atoms with Crippen LogP contribution in [0.15, 0.2) is 18.3 Å². The Kier molecular flexibility index (Phi) is 2.56. The van der Waals surface area contributed by atoms with E-state index in [4.69, 9.17) is 4.74 Å². The molecule has 1 saturated carbocycles. The molecule has 1 aliphatic carbocycles. The SMILES string of the molecule is COCc1ccc(N2CCC3CC3C2)nc1. The Balaban J connectivity index is 1.68. The van der Waals surface area contributed by atoms with Gasteiger partial charge in [-0.15, -0.1) is 0 Å². The zero-order valence-electron chi connectivity index (χ0n) is 9.72. The van der Waals surface area contributed by atoms with E-state index in [9.17, 15) is 0 Å². The lowest BCUT2D eigenvalue weighted by Gasteiger charge is -2.27. The lowest BCUT2D eigenvalue weighted by molar-refractivity contribution is 0.184. The second-order valence-corrected chi connectivity index (χ2v) is 4.95. The Hall–Kier alpha value is -1.09. The predicted octanol–water partition coefficient (Wildman–Crippen LogP) is 2.07. The number of rotatable bonds is 3. The summed E-state index contributed by atoms with van der Waals surface area (Å²) in [5, 5.41) is 0. The number of methoxy groups -OCH3 is 1. The molecule has 3 rings (SSSR count). The highest BCUT2D eigenvalue weighted by molar-refractivity contribution is 5.40. The molecule has 1 saturated heterocycles. The van der Waals surface area contributed by atoms with Gasteiger partial charge in [0.25, 0.3) is 0 Å². The van der Waals surface area contributed by atoms with Crippen LogP contribution in [-0.4, -0.2) is 25.2 Å². The van der Waals surface area contributed by atoms with Crippen molar-refractivity contribution in [3.63, 3.8) is 0 Å². The highest BCUT2D eigenvalue weighted by Gasteiger charge is 2.41. The molecule has 1 aliphatic heterocycles. The van der Waals surface area contributed by atoms with E-state index in [1.807, 2.05) is 6.20 Å². The molecule has 0 amide bonds. The third-order valence-electron chi connectivity index (χ3n) is 3.74. The summed E-state index contributed by atoms with van der Waals surface area (Å²) in [5.41, 5.74) is 1.15. The largest absolute Gasteiger partial charge is 0.380 e. The quantitative estimate of drug-likeness (QED) is 0.776. The first-order chi connectivity index (χ1) is 7.86. The van der Waals surface area contributed by atoms with Gasteiger partial charge in [-0.05, 0) is 36.3 Å². The average Bonchev–Trinajstić information content (AvgIpc) is 3.08. The van der Waals surface area contributed by atoms with Crippen molar-refractivity contribution < 1.29 is 4.74 Å². The van der Waals surface area contributed by atoms with E-state index in [1.54, 1.807) is 7.11 Å². The first kappa shape index (κ1) is 10.1. The van der Waals surface area contributed by atoms with Crippen LogP contribution in [0.2, 0.25) is 0 Å². The summed E-state index contributed by atoms with van der Waals surface area (Å²) in [6.07, 6.45) is 4.72. The summed E-state index contributed by atoms with van der Waals surface area (Å²) < 4.78 is 5.08. The van der Waals surface area contributed by atoms with Crippen molar-refractivity contribution in [3.05, 3.63) is 23.9 Å². The Morgan fingerprint density at radius 1 is 1.44 bits per heavy atom. The maximum Gasteiger partial charge on any atom is 0.128 e. The highest BCUT2D eigenvalue weighted by Crippen LogP contribution is 2.45. The van der Waals surface area contributed by atoms with Gasteiger partial charge in [0.05, 0.1) is 6.61 Å². The molecule has 3 heteroatoms. The maximum atomic E-state index is 5.08. The van der Waals surface area contributed by atoms with Gasteiger partial charge < -0.3 is 9.64 Å². The number of ether oxygens (including phenoxy) is 1. The zero-order valence-corrected chi connectivity index (χ0v) is 9.72. The van der Waals surface area contributed by atoms with Crippen LogP contribution in [0.1, 0.15) is 18.4 Å². The van der Waals surface area contributed by atoms with Gasteiger partial charge in [-0.2, -0.15) is 0 Å². The molecule has 2 fully saturated rings. The molecular formula is C13H18N2O. The lowest BCUT2D eigenvalue weighted by Crippen LogP contribution is -2.31. The first-order valence-corrected chi connectivity index (χ1v) is 6.05. The van der Waals surface area contributed by atoms with Gasteiger partial charge in [-0.1, -0.05) is 6.07 Å². The number of pyridine rings is 1. The lowest BCUT2D eigenvalue weighted by atomic mass is 10.1. The first-order valence-electron chi connectivity index (χ1n) is 6.05. The van der Waals surface area contributed by atoms with Gasteiger partial charge in [0.15, 0.2) is 0 Å². The standard InChI is InChI=1S/C13H18N2O/c1-16-9-10-2-3-13(14-7-10)15-5-4-11-6-12(11)8-15/h2-3,7,11-12H,4-6,8-9H2,1H3. The number of aromatic nitrogens is 1. The molecule has 2 unspecified atom stereocenters. The van der Waals surface area contributed by atoms with Crippen LogP contribution in [0.4, 0.5) is 5.82 Å². The van der Waals surface area contributed by atoms with Gasteiger partial charge >= 0.3 is 0 Å². The summed E-state index contributed by atoms with van der Waals surface area (Å²) in [4.78, 5) is 6.94. The second kappa shape index (κ2) is 4.06. The molecular weight excluding hydrogens is 200 g/mol. The second-order valence-electron chi connectivity index (χ2n) is 4.95. The number of nitrogens with zero attached hydrogens (tertiary/aromatic N) is 2. The molecule has 1 aromatic rings. The van der Waals surface area contributed by atoms with Crippen LogP contribution >= 0.6 is 0 Å². The molecule has 1 aromatic heterocycles. The van der Waals surface area contributed by atoms with Gasteiger partial charge in [-0.3, -0.25) is 0 Å². The van der Waals surface area contributed by atoms with E-state index in [-0.39, 0.29) is 0 Å². The predicted molar refractivity (Wildman–Crippen MR) is 63.4 cm³/mol. The van der Waals surface area contributed by atoms with Crippen molar-refractivity contribution in [1.82, 2.24) is 4.98 Å². The molecule has 0 aromatic carbocycles. The molecule has 2 aliphatic rings. The van der Waals surface area contributed by atoms with Crippen molar-refractivity contribution in [1.29, 1.82) is 0 Å². The van der Waals surface area contributed by atoms with E-state index < -0.39 is 0 Å². The molecule has 86 valence electrons. The number of fused-ring (bicyclic) bond motifs is 1. The van der Waals surface area contributed by atoms with Crippen LogP contribution in [0.5, 0.6) is 0 Å². The molecule has 0 radical (unpaired) electrons. The monoisotopic (exact) mass is 218 g/mol. The number of piperidine rings is 1. The van der Waals surface area contributed by atoms with E-state index >= 15 is 0 Å². The minimum Gasteiger partial charge on any atom is -0.380 e. The van der Waals surface area contributed by atoms with Crippen molar-refractivity contribution in [2.45, 2.75) is 19.4 Å². The smallest absolute Gasteiger partial charge is 0.128 e. The molecule has 16 heavy (non-hydrogen) atoms. The summed E-state index contributed by atoms with van der Waals surface area (Å²) in [5.74, 6) is 3.11.